The standard InChI is InChI=1S/C23H34N2O3/c1-27-23(26)22-18-24-25(19-22)16-12-7-5-3-2-4-6-8-13-17-28-20-21-14-10-9-11-15-21/h9-11,14-15,18-19H,2-8,12-13,16-17,20H2,1H3. The van der Waals surface area contributed by atoms with Crippen molar-refractivity contribution in [3.63, 3.8) is 0 Å². The molecule has 2 aromatic rings. The van der Waals surface area contributed by atoms with Gasteiger partial charge in [-0.25, -0.2) is 4.79 Å². The van der Waals surface area contributed by atoms with Gasteiger partial charge in [-0.1, -0.05) is 75.3 Å². The molecule has 0 radical (unpaired) electrons. The zero-order valence-corrected chi connectivity index (χ0v) is 17.1. The lowest BCUT2D eigenvalue weighted by Crippen LogP contribution is -2.00. The Kier molecular flexibility index (Phi) is 11.0. The number of carbonyl (C=O) groups excluding carboxylic acids is 1. The van der Waals surface area contributed by atoms with Crippen molar-refractivity contribution < 1.29 is 14.3 Å². The highest BCUT2D eigenvalue weighted by atomic mass is 16.5. The number of benzene rings is 1. The predicted octanol–water partition coefficient (Wildman–Crippen LogP) is 5.40. The molecule has 0 saturated heterocycles. The third-order valence-corrected chi connectivity index (χ3v) is 4.84. The van der Waals surface area contributed by atoms with Gasteiger partial charge in [-0.3, -0.25) is 4.68 Å². The van der Waals surface area contributed by atoms with E-state index < -0.39 is 0 Å². The minimum atomic E-state index is -0.325. The Labute approximate surface area is 169 Å². The number of hydrogen-bond acceptors (Lipinski definition) is 4. The molecule has 0 atom stereocenters. The molecule has 1 aromatic heterocycles. The highest BCUT2D eigenvalue weighted by Crippen LogP contribution is 2.11. The monoisotopic (exact) mass is 386 g/mol. The number of hydrogen-bond donors (Lipinski definition) is 0. The summed E-state index contributed by atoms with van der Waals surface area (Å²) in [5.74, 6) is -0.325. The van der Waals surface area contributed by atoms with E-state index in [0.717, 1.165) is 32.6 Å². The number of nitrogens with zero attached hydrogens (tertiary/aromatic N) is 2. The van der Waals surface area contributed by atoms with Crippen molar-refractivity contribution in [2.75, 3.05) is 13.7 Å². The van der Waals surface area contributed by atoms with Crippen LogP contribution in [0.4, 0.5) is 0 Å². The average molecular weight is 387 g/mol. The molecule has 0 saturated carbocycles. The topological polar surface area (TPSA) is 53.3 Å². The lowest BCUT2D eigenvalue weighted by molar-refractivity contribution is 0.0600. The molecule has 0 fully saturated rings. The van der Waals surface area contributed by atoms with Gasteiger partial charge in [-0.15, -0.1) is 0 Å². The second-order valence-corrected chi connectivity index (χ2v) is 7.20. The second kappa shape index (κ2) is 13.9. The number of aromatic nitrogens is 2. The Bertz CT molecular complexity index is 655. The minimum absolute atomic E-state index is 0.325. The summed E-state index contributed by atoms with van der Waals surface area (Å²) in [5, 5.41) is 4.20. The molecule has 154 valence electrons. The first kappa shape index (κ1) is 22.2. The lowest BCUT2D eigenvalue weighted by Gasteiger charge is -2.05. The Hall–Kier alpha value is -2.14. The van der Waals surface area contributed by atoms with Crippen LogP contribution < -0.4 is 0 Å². The summed E-state index contributed by atoms with van der Waals surface area (Å²) >= 11 is 0. The van der Waals surface area contributed by atoms with Gasteiger partial charge in [0, 0.05) is 19.3 Å². The molecule has 0 aliphatic rings. The summed E-state index contributed by atoms with van der Waals surface area (Å²) in [6.07, 6.45) is 14.6. The molecule has 1 heterocycles. The largest absolute Gasteiger partial charge is 0.465 e. The lowest BCUT2D eigenvalue weighted by atomic mass is 10.1. The van der Waals surface area contributed by atoms with E-state index in [9.17, 15) is 4.79 Å². The maximum atomic E-state index is 11.4. The molecule has 5 heteroatoms. The van der Waals surface area contributed by atoms with Crippen LogP contribution in [0.2, 0.25) is 0 Å². The Morgan fingerprint density at radius 2 is 1.57 bits per heavy atom. The van der Waals surface area contributed by atoms with Crippen LogP contribution in [0.15, 0.2) is 42.7 Å². The number of rotatable bonds is 15. The van der Waals surface area contributed by atoms with E-state index >= 15 is 0 Å². The average Bonchev–Trinajstić information content (AvgIpc) is 3.20. The fourth-order valence-corrected chi connectivity index (χ4v) is 3.19. The van der Waals surface area contributed by atoms with Crippen molar-refractivity contribution in [1.82, 2.24) is 9.78 Å². The number of methoxy groups -OCH3 is 1. The summed E-state index contributed by atoms with van der Waals surface area (Å²) < 4.78 is 12.2. The predicted molar refractivity (Wildman–Crippen MR) is 111 cm³/mol. The molecule has 0 amide bonds. The third kappa shape index (κ3) is 9.18. The van der Waals surface area contributed by atoms with Crippen LogP contribution in [-0.4, -0.2) is 29.5 Å². The number of unbranched alkanes of at least 4 members (excludes halogenated alkanes) is 8. The first-order valence-electron chi connectivity index (χ1n) is 10.5. The van der Waals surface area contributed by atoms with E-state index in [2.05, 4.69) is 34.1 Å². The molecule has 2 rings (SSSR count). The Morgan fingerprint density at radius 1 is 0.929 bits per heavy atom. The van der Waals surface area contributed by atoms with Gasteiger partial charge in [0.05, 0.1) is 25.5 Å². The van der Waals surface area contributed by atoms with Crippen molar-refractivity contribution in [1.29, 1.82) is 0 Å². The maximum absolute atomic E-state index is 11.4. The van der Waals surface area contributed by atoms with E-state index in [1.807, 2.05) is 10.7 Å². The van der Waals surface area contributed by atoms with Crippen molar-refractivity contribution >= 4 is 5.97 Å². The van der Waals surface area contributed by atoms with Crippen LogP contribution in [0.3, 0.4) is 0 Å². The highest BCUT2D eigenvalue weighted by Gasteiger charge is 2.07. The second-order valence-electron chi connectivity index (χ2n) is 7.20. The zero-order chi connectivity index (χ0) is 19.9. The fraction of sp³-hybridized carbons (Fsp3) is 0.565. The normalized spacial score (nSPS) is 10.9. The van der Waals surface area contributed by atoms with Gasteiger partial charge >= 0.3 is 5.97 Å². The van der Waals surface area contributed by atoms with Gasteiger partial charge in [0.25, 0.3) is 0 Å². The molecular formula is C23H34N2O3. The first-order chi connectivity index (χ1) is 13.8. The van der Waals surface area contributed by atoms with E-state index in [4.69, 9.17) is 4.74 Å². The summed E-state index contributed by atoms with van der Waals surface area (Å²) in [6.45, 7) is 2.45. The third-order valence-electron chi connectivity index (χ3n) is 4.84. The van der Waals surface area contributed by atoms with Crippen molar-refractivity contribution in [2.45, 2.75) is 70.9 Å². The minimum Gasteiger partial charge on any atom is -0.465 e. The molecule has 28 heavy (non-hydrogen) atoms. The SMILES string of the molecule is COC(=O)c1cnn(CCCCCCCCCCCOCc2ccccc2)c1. The number of carbonyl (C=O) groups is 1. The Balaban J connectivity index is 1.34. The number of aryl methyl sites for hydroxylation is 1. The highest BCUT2D eigenvalue weighted by molar-refractivity contribution is 5.88. The molecule has 0 bridgehead atoms. The summed E-state index contributed by atoms with van der Waals surface area (Å²) in [6, 6.07) is 10.3. The molecule has 0 aliphatic carbocycles. The number of ether oxygens (including phenoxy) is 2. The number of esters is 1. The Morgan fingerprint density at radius 3 is 2.25 bits per heavy atom. The van der Waals surface area contributed by atoms with Crippen LogP contribution in [0, 0.1) is 0 Å². The molecule has 0 spiro atoms. The quantitative estimate of drug-likeness (QED) is 0.304. The van der Waals surface area contributed by atoms with Crippen LogP contribution in [0.5, 0.6) is 0 Å². The van der Waals surface area contributed by atoms with Gasteiger partial charge in [-0.05, 0) is 18.4 Å². The molecule has 0 unspecified atom stereocenters. The van der Waals surface area contributed by atoms with Crippen LogP contribution in [0.1, 0.15) is 73.7 Å². The molecular weight excluding hydrogens is 352 g/mol. The van der Waals surface area contributed by atoms with Gasteiger partial charge in [0.15, 0.2) is 0 Å². The van der Waals surface area contributed by atoms with Crippen molar-refractivity contribution in [2.24, 2.45) is 0 Å². The van der Waals surface area contributed by atoms with Gasteiger partial charge in [0.1, 0.15) is 0 Å². The molecule has 0 aliphatic heterocycles. The molecule has 5 nitrogen and oxygen atoms in total. The van der Waals surface area contributed by atoms with Crippen molar-refractivity contribution in [3.05, 3.63) is 53.9 Å². The van der Waals surface area contributed by atoms with Crippen LogP contribution >= 0.6 is 0 Å². The summed E-state index contributed by atoms with van der Waals surface area (Å²) in [5.41, 5.74) is 1.77. The van der Waals surface area contributed by atoms with E-state index in [-0.39, 0.29) is 5.97 Å². The van der Waals surface area contributed by atoms with Crippen molar-refractivity contribution in [3.8, 4) is 0 Å². The van der Waals surface area contributed by atoms with Crippen LogP contribution in [0.25, 0.3) is 0 Å². The fourth-order valence-electron chi connectivity index (χ4n) is 3.19. The summed E-state index contributed by atoms with van der Waals surface area (Å²) in [4.78, 5) is 11.4. The van der Waals surface area contributed by atoms with E-state index in [1.165, 1.54) is 57.6 Å². The smallest absolute Gasteiger partial charge is 0.341 e. The maximum Gasteiger partial charge on any atom is 0.341 e. The summed E-state index contributed by atoms with van der Waals surface area (Å²) in [7, 11) is 1.39. The van der Waals surface area contributed by atoms with E-state index in [1.54, 1.807) is 12.4 Å². The molecule has 1 aromatic carbocycles. The van der Waals surface area contributed by atoms with Gasteiger partial charge < -0.3 is 9.47 Å². The molecule has 0 N–H and O–H groups in total. The van der Waals surface area contributed by atoms with Gasteiger partial charge in [-0.2, -0.15) is 5.10 Å². The van der Waals surface area contributed by atoms with Gasteiger partial charge in [0.2, 0.25) is 0 Å². The van der Waals surface area contributed by atoms with Crippen LogP contribution in [-0.2, 0) is 22.6 Å². The zero-order valence-electron chi connectivity index (χ0n) is 17.1. The van der Waals surface area contributed by atoms with E-state index in [0.29, 0.717) is 5.56 Å². The first-order valence-corrected chi connectivity index (χ1v) is 10.5.